The van der Waals surface area contributed by atoms with Gasteiger partial charge in [-0.2, -0.15) is 11.1 Å². The predicted molar refractivity (Wildman–Crippen MR) is 23.2 cm³/mol. The maximum atomic E-state index is 5.15. The van der Waals surface area contributed by atoms with E-state index in [4.69, 9.17) is 11.1 Å². The van der Waals surface area contributed by atoms with Crippen molar-refractivity contribution in [3.8, 4) is 0 Å². The molecule has 0 rings (SSSR count). The predicted octanol–water partition coefficient (Wildman–Crippen LogP) is 0.720. The van der Waals surface area contributed by atoms with Crippen LogP contribution in [-0.2, 0) is 0 Å². The molecule has 0 aromatic heterocycles. The lowest BCUT2D eigenvalue weighted by atomic mass is 11.3. The largest absolute Gasteiger partial charge is 0.173 e. The topological polar surface area (TPSA) is 0 Å². The minimum Gasteiger partial charge on any atom is -0.168 e. The van der Waals surface area contributed by atoms with Crippen LogP contribution in [0.25, 0.3) is 0 Å². The Balaban J connectivity index is 2.30. The fraction of sp³-hybridized carbons (Fsp3) is 0. The highest BCUT2D eigenvalue weighted by molar-refractivity contribution is 6.96. The van der Waals surface area contributed by atoms with Crippen LogP contribution in [0.15, 0.2) is 12.3 Å². The van der Waals surface area contributed by atoms with E-state index in [0.717, 1.165) is 0 Å². The summed E-state index contributed by atoms with van der Waals surface area (Å²) in [7, 11) is 0.0185. The van der Waals surface area contributed by atoms with Gasteiger partial charge in [0.15, 0.2) is 8.83 Å². The van der Waals surface area contributed by atoms with Gasteiger partial charge in [0, 0.05) is 0 Å². The zero-order valence-electron chi connectivity index (χ0n) is 2.24. The third-order valence-corrected chi connectivity index (χ3v) is 0.802. The first-order valence-electron chi connectivity index (χ1n) is 0.960. The van der Waals surface area contributed by atoms with Crippen molar-refractivity contribution in [2.45, 2.75) is 0 Å². The fourth-order valence-electron chi connectivity index (χ4n) is 0. The molecule has 4 heavy (non-hydrogen) atoms. The lowest BCUT2D eigenvalue weighted by Crippen LogP contribution is -1.54. The van der Waals surface area contributed by atoms with Gasteiger partial charge < -0.3 is 0 Å². The van der Waals surface area contributed by atoms with Crippen molar-refractivity contribution in [3.05, 3.63) is 12.3 Å². The Kier molecular flexibility index (Phi) is 3.45. The Morgan fingerprint density at radius 1 is 2.00 bits per heavy atom. The highest BCUT2D eigenvalue weighted by Gasteiger charge is 1.53. The lowest BCUT2D eigenvalue weighted by Gasteiger charge is -1.51. The molecule has 0 atom stereocenters. The zero-order valence-corrected chi connectivity index (χ0v) is 4.15. The molecule has 0 aliphatic heterocycles. The molecular formula is C2H4ClSi. The average Bonchev–Trinajstić information content (AvgIpc) is 1.37. The summed E-state index contributed by atoms with van der Waals surface area (Å²) in [5, 5.41) is 0. The van der Waals surface area contributed by atoms with Crippen molar-refractivity contribution >= 4 is 19.9 Å². The summed E-state index contributed by atoms with van der Waals surface area (Å²) in [5.74, 6) is 0. The third kappa shape index (κ3) is 2.25. The average molecular weight is 91.6 g/mol. The van der Waals surface area contributed by atoms with E-state index in [0.29, 0.717) is 0 Å². The van der Waals surface area contributed by atoms with Crippen LogP contribution in [0.1, 0.15) is 0 Å². The van der Waals surface area contributed by atoms with Crippen LogP contribution in [0.2, 0.25) is 0 Å². The van der Waals surface area contributed by atoms with Crippen molar-refractivity contribution < 1.29 is 0 Å². The van der Waals surface area contributed by atoms with Crippen LogP contribution in [-0.4, -0.2) is 8.83 Å². The molecule has 0 aromatic rings. The number of halogens is 1. The zero-order chi connectivity index (χ0) is 3.41. The van der Waals surface area contributed by atoms with Crippen LogP contribution < -0.4 is 0 Å². The molecule has 0 fully saturated rings. The second-order valence-electron chi connectivity index (χ2n) is 0.362. The van der Waals surface area contributed by atoms with E-state index < -0.39 is 0 Å². The Morgan fingerprint density at radius 2 is 2.25 bits per heavy atom. The smallest absolute Gasteiger partial charge is 0.168 e. The minimum absolute atomic E-state index is 0.0185. The molecule has 2 heteroatoms. The minimum atomic E-state index is 0.0185. The van der Waals surface area contributed by atoms with E-state index in [-0.39, 0.29) is 8.83 Å². The molecule has 0 aliphatic carbocycles. The molecule has 0 nitrogen and oxygen atoms in total. The molecule has 0 saturated heterocycles. The van der Waals surface area contributed by atoms with Crippen LogP contribution >= 0.6 is 11.1 Å². The number of hydrogen-bond acceptors (Lipinski definition) is 0. The Hall–Kier alpha value is 0.247. The standard InChI is InChI=1S/C2H4ClSi/c1-2-4-3/h2,4H,1H2. The first kappa shape index (κ1) is 4.25. The van der Waals surface area contributed by atoms with E-state index in [1.807, 2.05) is 0 Å². The number of rotatable bonds is 1. The molecule has 0 unspecified atom stereocenters. The third-order valence-electron chi connectivity index (χ3n) is 0.0891. The van der Waals surface area contributed by atoms with Crippen molar-refractivity contribution in [1.29, 1.82) is 0 Å². The van der Waals surface area contributed by atoms with Gasteiger partial charge in [-0.15, -0.1) is 6.58 Å². The van der Waals surface area contributed by atoms with E-state index >= 15 is 0 Å². The van der Waals surface area contributed by atoms with Gasteiger partial charge in [0.2, 0.25) is 0 Å². The molecule has 0 aromatic carbocycles. The molecule has 0 saturated carbocycles. The first-order chi connectivity index (χ1) is 1.91. The van der Waals surface area contributed by atoms with Gasteiger partial charge in [-0.05, 0) is 0 Å². The maximum absolute atomic E-state index is 5.15. The number of hydrogen-bond donors (Lipinski definition) is 0. The van der Waals surface area contributed by atoms with E-state index in [2.05, 4.69) is 6.58 Å². The van der Waals surface area contributed by atoms with Gasteiger partial charge in [0.1, 0.15) is 0 Å². The molecule has 23 valence electrons. The lowest BCUT2D eigenvalue weighted by molar-refractivity contribution is 2.61. The Bertz CT molecular complexity index is 20.0. The van der Waals surface area contributed by atoms with Gasteiger partial charge in [-0.1, -0.05) is 5.70 Å². The fourth-order valence-corrected chi connectivity index (χ4v) is 0. The van der Waals surface area contributed by atoms with Gasteiger partial charge in [-0.3, -0.25) is 0 Å². The molecular weight excluding hydrogens is 87.6 g/mol. The van der Waals surface area contributed by atoms with Crippen molar-refractivity contribution in [3.63, 3.8) is 0 Å². The molecule has 0 spiro atoms. The van der Waals surface area contributed by atoms with Gasteiger partial charge in [0.05, 0.1) is 0 Å². The van der Waals surface area contributed by atoms with Crippen LogP contribution in [0.5, 0.6) is 0 Å². The highest BCUT2D eigenvalue weighted by Crippen LogP contribution is 1.61. The molecule has 0 aliphatic rings. The van der Waals surface area contributed by atoms with Crippen molar-refractivity contribution in [2.24, 2.45) is 0 Å². The Labute approximate surface area is 33.0 Å². The van der Waals surface area contributed by atoms with Crippen molar-refractivity contribution in [1.82, 2.24) is 0 Å². The highest BCUT2D eigenvalue weighted by atomic mass is 35.6. The summed E-state index contributed by atoms with van der Waals surface area (Å²) in [5.41, 5.74) is 1.72. The molecule has 0 amide bonds. The second kappa shape index (κ2) is 3.25. The van der Waals surface area contributed by atoms with Crippen molar-refractivity contribution in [2.75, 3.05) is 0 Å². The van der Waals surface area contributed by atoms with Gasteiger partial charge >= 0.3 is 0 Å². The molecule has 0 N–H and O–H groups in total. The second-order valence-corrected chi connectivity index (χ2v) is 1.84. The summed E-state index contributed by atoms with van der Waals surface area (Å²) in [6.45, 7) is 3.38. The normalized spacial score (nSPS) is 6.25. The van der Waals surface area contributed by atoms with Gasteiger partial charge in [-0.25, -0.2) is 0 Å². The van der Waals surface area contributed by atoms with Crippen LogP contribution in [0.3, 0.4) is 0 Å². The van der Waals surface area contributed by atoms with E-state index in [9.17, 15) is 0 Å². The van der Waals surface area contributed by atoms with Gasteiger partial charge in [0.25, 0.3) is 0 Å². The summed E-state index contributed by atoms with van der Waals surface area (Å²) in [4.78, 5) is 0. The summed E-state index contributed by atoms with van der Waals surface area (Å²) in [6, 6.07) is 0. The SMILES string of the molecule is C=C[SiH]Cl. The van der Waals surface area contributed by atoms with E-state index in [1.165, 1.54) is 0 Å². The molecule has 0 bridgehead atoms. The molecule has 0 heterocycles. The van der Waals surface area contributed by atoms with Crippen LogP contribution in [0.4, 0.5) is 0 Å². The first-order valence-corrected chi connectivity index (χ1v) is 3.37. The summed E-state index contributed by atoms with van der Waals surface area (Å²) < 4.78 is 0. The summed E-state index contributed by atoms with van der Waals surface area (Å²) in [6.07, 6.45) is 0. The summed E-state index contributed by atoms with van der Waals surface area (Å²) >= 11 is 5.15. The molecule has 1 radical (unpaired) electrons. The van der Waals surface area contributed by atoms with Crippen LogP contribution in [0, 0.1) is 0 Å². The quantitative estimate of drug-likeness (QED) is 0.330. The Morgan fingerprint density at radius 3 is 2.25 bits per heavy atom. The monoisotopic (exact) mass is 91.0 g/mol. The van der Waals surface area contributed by atoms with E-state index in [1.54, 1.807) is 5.70 Å². The maximum Gasteiger partial charge on any atom is 0.173 e.